The Kier molecular flexibility index (Phi) is 4.69. The molecule has 0 aromatic rings. The summed E-state index contributed by atoms with van der Waals surface area (Å²) in [4.78, 5) is 11.6. The van der Waals surface area contributed by atoms with Gasteiger partial charge in [0, 0.05) is 25.0 Å². The van der Waals surface area contributed by atoms with Crippen molar-refractivity contribution in [1.29, 1.82) is 0 Å². The van der Waals surface area contributed by atoms with Crippen molar-refractivity contribution in [3.05, 3.63) is 0 Å². The van der Waals surface area contributed by atoms with Crippen molar-refractivity contribution in [3.8, 4) is 0 Å². The van der Waals surface area contributed by atoms with Crippen LogP contribution in [0.2, 0.25) is 0 Å². The van der Waals surface area contributed by atoms with Crippen LogP contribution in [0.15, 0.2) is 0 Å². The van der Waals surface area contributed by atoms with Crippen LogP contribution in [0.1, 0.15) is 19.3 Å². The molecule has 0 aliphatic heterocycles. The normalized spacial score (nSPS) is 25.6. The van der Waals surface area contributed by atoms with Crippen molar-refractivity contribution in [1.82, 2.24) is 10.0 Å². The standard InChI is InChI=1S/C9H19N3O3S/c1-16(14,15)12-5-4-11-9(13)7-2-3-8(10)6-7/h7-8,12H,2-6,10H2,1H3,(H,11,13). The van der Waals surface area contributed by atoms with Crippen LogP contribution in [0.3, 0.4) is 0 Å². The van der Waals surface area contributed by atoms with Crippen LogP contribution in [0.5, 0.6) is 0 Å². The van der Waals surface area contributed by atoms with E-state index in [4.69, 9.17) is 5.73 Å². The minimum Gasteiger partial charge on any atom is -0.355 e. The van der Waals surface area contributed by atoms with Gasteiger partial charge >= 0.3 is 0 Å². The Morgan fingerprint density at radius 1 is 1.38 bits per heavy atom. The quantitative estimate of drug-likeness (QED) is 0.531. The molecule has 7 heteroatoms. The third kappa shape index (κ3) is 4.91. The number of nitrogens with one attached hydrogen (secondary N) is 2. The largest absolute Gasteiger partial charge is 0.355 e. The smallest absolute Gasteiger partial charge is 0.223 e. The lowest BCUT2D eigenvalue weighted by atomic mass is 10.1. The molecule has 4 N–H and O–H groups in total. The minimum absolute atomic E-state index is 0.00627. The predicted octanol–water partition coefficient (Wildman–Crippen LogP) is -1.22. The summed E-state index contributed by atoms with van der Waals surface area (Å²) < 4.78 is 23.8. The molecule has 0 spiro atoms. The van der Waals surface area contributed by atoms with Crippen molar-refractivity contribution in [2.24, 2.45) is 11.7 Å². The number of sulfonamides is 1. The zero-order chi connectivity index (χ0) is 12.2. The van der Waals surface area contributed by atoms with Crippen LogP contribution in [-0.2, 0) is 14.8 Å². The van der Waals surface area contributed by atoms with Crippen LogP contribution in [0.4, 0.5) is 0 Å². The highest BCUT2D eigenvalue weighted by Crippen LogP contribution is 2.23. The first-order valence-electron chi connectivity index (χ1n) is 5.36. The molecular formula is C9H19N3O3S. The van der Waals surface area contributed by atoms with E-state index in [-0.39, 0.29) is 24.4 Å². The van der Waals surface area contributed by atoms with Gasteiger partial charge in [0.15, 0.2) is 0 Å². The summed E-state index contributed by atoms with van der Waals surface area (Å²) in [6.45, 7) is 0.543. The van der Waals surface area contributed by atoms with Gasteiger partial charge in [-0.3, -0.25) is 4.79 Å². The zero-order valence-corrected chi connectivity index (χ0v) is 10.2. The second-order valence-corrected chi connectivity index (χ2v) is 6.06. The number of rotatable bonds is 5. The number of hydrogen-bond donors (Lipinski definition) is 3. The molecule has 94 valence electrons. The van der Waals surface area contributed by atoms with E-state index in [9.17, 15) is 13.2 Å². The van der Waals surface area contributed by atoms with Gasteiger partial charge in [-0.05, 0) is 19.3 Å². The maximum Gasteiger partial charge on any atom is 0.223 e. The summed E-state index contributed by atoms with van der Waals surface area (Å²) >= 11 is 0. The van der Waals surface area contributed by atoms with Crippen LogP contribution in [0, 0.1) is 5.92 Å². The van der Waals surface area contributed by atoms with Crippen LogP contribution < -0.4 is 15.8 Å². The predicted molar refractivity (Wildman–Crippen MR) is 61.2 cm³/mol. The van der Waals surface area contributed by atoms with Crippen LogP contribution >= 0.6 is 0 Å². The summed E-state index contributed by atoms with van der Waals surface area (Å²) in [6.07, 6.45) is 3.53. The SMILES string of the molecule is CS(=O)(=O)NCCNC(=O)C1CCC(N)C1. The van der Waals surface area contributed by atoms with E-state index in [1.165, 1.54) is 0 Å². The average molecular weight is 249 g/mol. The monoisotopic (exact) mass is 249 g/mol. The number of carbonyl (C=O) groups excluding carboxylic acids is 1. The molecule has 16 heavy (non-hydrogen) atoms. The fraction of sp³-hybridized carbons (Fsp3) is 0.889. The third-order valence-corrected chi connectivity index (χ3v) is 3.36. The molecule has 2 atom stereocenters. The summed E-state index contributed by atoms with van der Waals surface area (Å²) in [5.41, 5.74) is 5.70. The fourth-order valence-electron chi connectivity index (χ4n) is 1.82. The van der Waals surface area contributed by atoms with E-state index in [1.807, 2.05) is 0 Å². The van der Waals surface area contributed by atoms with E-state index in [1.54, 1.807) is 0 Å². The molecule has 2 unspecified atom stereocenters. The minimum atomic E-state index is -3.17. The second-order valence-electron chi connectivity index (χ2n) is 4.23. The highest BCUT2D eigenvalue weighted by Gasteiger charge is 2.27. The van der Waals surface area contributed by atoms with Gasteiger partial charge in [0.25, 0.3) is 0 Å². The lowest BCUT2D eigenvalue weighted by Gasteiger charge is -2.10. The first-order valence-corrected chi connectivity index (χ1v) is 7.25. The highest BCUT2D eigenvalue weighted by molar-refractivity contribution is 7.88. The van der Waals surface area contributed by atoms with Gasteiger partial charge in [0.05, 0.1) is 6.26 Å². The number of amides is 1. The summed E-state index contributed by atoms with van der Waals surface area (Å²) in [7, 11) is -3.17. The topological polar surface area (TPSA) is 101 Å². The van der Waals surface area contributed by atoms with E-state index in [0.717, 1.165) is 25.5 Å². The molecule has 0 aromatic heterocycles. The maximum atomic E-state index is 11.6. The van der Waals surface area contributed by atoms with Gasteiger partial charge in [0.1, 0.15) is 0 Å². The highest BCUT2D eigenvalue weighted by atomic mass is 32.2. The lowest BCUT2D eigenvalue weighted by Crippen LogP contribution is -2.37. The van der Waals surface area contributed by atoms with Gasteiger partial charge in [-0.25, -0.2) is 13.1 Å². The van der Waals surface area contributed by atoms with Crippen LogP contribution in [-0.4, -0.2) is 39.7 Å². The van der Waals surface area contributed by atoms with Crippen molar-refractivity contribution in [3.63, 3.8) is 0 Å². The van der Waals surface area contributed by atoms with Crippen molar-refractivity contribution in [2.75, 3.05) is 19.3 Å². The van der Waals surface area contributed by atoms with Gasteiger partial charge in [-0.1, -0.05) is 0 Å². The first-order chi connectivity index (χ1) is 7.38. The molecule has 1 rings (SSSR count). The Morgan fingerprint density at radius 3 is 2.56 bits per heavy atom. The van der Waals surface area contributed by atoms with Crippen molar-refractivity contribution >= 4 is 15.9 Å². The van der Waals surface area contributed by atoms with Gasteiger partial charge in [-0.15, -0.1) is 0 Å². The Labute approximate surface area is 96.0 Å². The van der Waals surface area contributed by atoms with Crippen molar-refractivity contribution < 1.29 is 13.2 Å². The molecule has 1 saturated carbocycles. The molecule has 1 aliphatic rings. The third-order valence-electron chi connectivity index (χ3n) is 2.63. The molecule has 1 aliphatic carbocycles. The summed E-state index contributed by atoms with van der Waals surface area (Å²) in [6, 6.07) is 0.130. The van der Waals surface area contributed by atoms with E-state index < -0.39 is 10.0 Å². The van der Waals surface area contributed by atoms with Crippen molar-refractivity contribution in [2.45, 2.75) is 25.3 Å². The summed E-state index contributed by atoms with van der Waals surface area (Å²) in [5.74, 6) is -0.0310. The average Bonchev–Trinajstić information content (AvgIpc) is 2.57. The molecule has 0 radical (unpaired) electrons. The Balaban J connectivity index is 2.16. The lowest BCUT2D eigenvalue weighted by molar-refractivity contribution is -0.124. The molecule has 6 nitrogen and oxygen atoms in total. The maximum absolute atomic E-state index is 11.6. The number of hydrogen-bond acceptors (Lipinski definition) is 4. The Morgan fingerprint density at radius 2 is 2.06 bits per heavy atom. The molecule has 1 amide bonds. The van der Waals surface area contributed by atoms with Gasteiger partial charge in [0.2, 0.25) is 15.9 Å². The zero-order valence-electron chi connectivity index (χ0n) is 9.40. The van der Waals surface area contributed by atoms with Gasteiger partial charge < -0.3 is 11.1 Å². The van der Waals surface area contributed by atoms with E-state index in [2.05, 4.69) is 10.0 Å². The molecular weight excluding hydrogens is 230 g/mol. The second kappa shape index (κ2) is 5.60. The molecule has 0 aromatic carbocycles. The molecule has 0 saturated heterocycles. The van der Waals surface area contributed by atoms with Crippen LogP contribution in [0.25, 0.3) is 0 Å². The summed E-state index contributed by atoms with van der Waals surface area (Å²) in [5, 5.41) is 2.70. The Bertz CT molecular complexity index is 342. The number of carbonyl (C=O) groups is 1. The Hall–Kier alpha value is -0.660. The number of nitrogens with two attached hydrogens (primary N) is 1. The molecule has 0 heterocycles. The van der Waals surface area contributed by atoms with Gasteiger partial charge in [-0.2, -0.15) is 0 Å². The van der Waals surface area contributed by atoms with E-state index >= 15 is 0 Å². The first kappa shape index (κ1) is 13.4. The fourth-order valence-corrected chi connectivity index (χ4v) is 2.29. The van der Waals surface area contributed by atoms with E-state index in [0.29, 0.717) is 6.54 Å². The molecule has 0 bridgehead atoms. The molecule has 1 fully saturated rings.